The third kappa shape index (κ3) is 3.62. The standard InChI is InChI=1S/C20H20N6O2/c1-14-17(8-5-9-18(14)26-13-21-23-24-26)22-20(28)16-10-19(27)25(12-16)11-15-6-3-2-4-7-15/h2-9,13,16H,10-12H2,1H3,(H,22,28). The minimum absolute atomic E-state index is 0.00293. The second kappa shape index (κ2) is 7.59. The number of nitrogens with zero attached hydrogens (tertiary/aromatic N) is 5. The molecule has 1 unspecified atom stereocenters. The molecule has 2 amide bonds. The van der Waals surface area contributed by atoms with E-state index >= 15 is 0 Å². The molecule has 8 heteroatoms. The number of nitrogens with one attached hydrogen (secondary N) is 1. The molecule has 3 aromatic rings. The van der Waals surface area contributed by atoms with Gasteiger partial charge >= 0.3 is 0 Å². The van der Waals surface area contributed by atoms with Crippen LogP contribution in [0.4, 0.5) is 5.69 Å². The number of aromatic nitrogens is 4. The number of carbonyl (C=O) groups excluding carboxylic acids is 2. The molecule has 8 nitrogen and oxygen atoms in total. The summed E-state index contributed by atoms with van der Waals surface area (Å²) < 4.78 is 1.55. The summed E-state index contributed by atoms with van der Waals surface area (Å²) in [6.07, 6.45) is 1.73. The van der Waals surface area contributed by atoms with E-state index in [1.54, 1.807) is 9.58 Å². The summed E-state index contributed by atoms with van der Waals surface area (Å²) in [6.45, 7) is 2.84. The predicted molar refractivity (Wildman–Crippen MR) is 102 cm³/mol. The van der Waals surface area contributed by atoms with Crippen LogP contribution < -0.4 is 5.32 Å². The lowest BCUT2D eigenvalue weighted by Crippen LogP contribution is -2.28. The van der Waals surface area contributed by atoms with Crippen LogP contribution in [0.25, 0.3) is 5.69 Å². The minimum atomic E-state index is -0.368. The number of hydrogen-bond donors (Lipinski definition) is 1. The van der Waals surface area contributed by atoms with Crippen LogP contribution in [-0.4, -0.2) is 43.5 Å². The largest absolute Gasteiger partial charge is 0.338 e. The first-order chi connectivity index (χ1) is 13.6. The van der Waals surface area contributed by atoms with Gasteiger partial charge in [-0.2, -0.15) is 0 Å². The topological polar surface area (TPSA) is 93.0 Å². The molecule has 1 aliphatic rings. The van der Waals surface area contributed by atoms with Crippen molar-refractivity contribution in [3.05, 3.63) is 66.0 Å². The van der Waals surface area contributed by atoms with Crippen LogP contribution in [-0.2, 0) is 16.1 Å². The zero-order chi connectivity index (χ0) is 19.5. The molecule has 2 heterocycles. The van der Waals surface area contributed by atoms with Gasteiger partial charge in [-0.05, 0) is 40.6 Å². The number of benzene rings is 2. The molecule has 1 saturated heterocycles. The Morgan fingerprint density at radius 1 is 1.18 bits per heavy atom. The van der Waals surface area contributed by atoms with Crippen molar-refractivity contribution in [2.24, 2.45) is 5.92 Å². The first-order valence-corrected chi connectivity index (χ1v) is 9.07. The highest BCUT2D eigenvalue weighted by atomic mass is 16.2. The number of hydrogen-bond acceptors (Lipinski definition) is 5. The highest BCUT2D eigenvalue weighted by molar-refractivity contribution is 5.98. The van der Waals surface area contributed by atoms with E-state index in [0.29, 0.717) is 18.8 Å². The summed E-state index contributed by atoms with van der Waals surface area (Å²) >= 11 is 0. The van der Waals surface area contributed by atoms with Crippen LogP contribution in [0, 0.1) is 12.8 Å². The SMILES string of the molecule is Cc1c(NC(=O)C2CC(=O)N(Cc3ccccc3)C2)cccc1-n1cnnn1. The van der Waals surface area contributed by atoms with Crippen molar-refractivity contribution < 1.29 is 9.59 Å². The van der Waals surface area contributed by atoms with Crippen LogP contribution in [0.5, 0.6) is 0 Å². The highest BCUT2D eigenvalue weighted by Crippen LogP contribution is 2.25. The first-order valence-electron chi connectivity index (χ1n) is 9.07. The Labute approximate surface area is 162 Å². The zero-order valence-corrected chi connectivity index (χ0v) is 15.4. The summed E-state index contributed by atoms with van der Waals surface area (Å²) in [6, 6.07) is 15.3. The van der Waals surface area contributed by atoms with E-state index in [1.165, 1.54) is 6.33 Å². The predicted octanol–water partition coefficient (Wildman–Crippen LogP) is 1.96. The number of carbonyl (C=O) groups is 2. The molecule has 1 aliphatic heterocycles. The minimum Gasteiger partial charge on any atom is -0.338 e. The van der Waals surface area contributed by atoms with E-state index in [2.05, 4.69) is 20.8 Å². The van der Waals surface area contributed by atoms with Crippen molar-refractivity contribution >= 4 is 17.5 Å². The van der Waals surface area contributed by atoms with E-state index in [4.69, 9.17) is 0 Å². The molecule has 1 fully saturated rings. The quantitative estimate of drug-likeness (QED) is 0.735. The van der Waals surface area contributed by atoms with Crippen LogP contribution in [0.1, 0.15) is 17.5 Å². The zero-order valence-electron chi connectivity index (χ0n) is 15.4. The fourth-order valence-corrected chi connectivity index (χ4v) is 3.42. The Morgan fingerprint density at radius 3 is 2.75 bits per heavy atom. The van der Waals surface area contributed by atoms with Gasteiger partial charge in [-0.25, -0.2) is 4.68 Å². The van der Waals surface area contributed by atoms with Crippen LogP contribution in [0.2, 0.25) is 0 Å². The maximum atomic E-state index is 12.8. The molecule has 1 aromatic heterocycles. The van der Waals surface area contributed by atoms with Crippen molar-refractivity contribution in [3.8, 4) is 5.69 Å². The highest BCUT2D eigenvalue weighted by Gasteiger charge is 2.34. The maximum Gasteiger partial charge on any atom is 0.229 e. The average Bonchev–Trinajstić information content (AvgIpc) is 3.35. The van der Waals surface area contributed by atoms with Gasteiger partial charge in [0.05, 0.1) is 11.6 Å². The van der Waals surface area contributed by atoms with Crippen molar-refractivity contribution in [2.45, 2.75) is 19.9 Å². The summed E-state index contributed by atoms with van der Waals surface area (Å²) in [5.41, 5.74) is 3.39. The second-order valence-electron chi connectivity index (χ2n) is 6.85. The molecule has 1 atom stereocenters. The van der Waals surface area contributed by atoms with E-state index in [0.717, 1.165) is 16.8 Å². The number of likely N-dealkylation sites (tertiary alicyclic amines) is 1. The molecule has 28 heavy (non-hydrogen) atoms. The Morgan fingerprint density at radius 2 is 2.00 bits per heavy atom. The van der Waals surface area contributed by atoms with Gasteiger partial charge in [0.25, 0.3) is 0 Å². The maximum absolute atomic E-state index is 12.8. The van der Waals surface area contributed by atoms with Crippen LogP contribution in [0.15, 0.2) is 54.9 Å². The molecule has 2 aromatic carbocycles. The summed E-state index contributed by atoms with van der Waals surface area (Å²) in [4.78, 5) is 26.9. The van der Waals surface area contributed by atoms with Gasteiger partial charge in [0, 0.05) is 25.2 Å². The van der Waals surface area contributed by atoms with Gasteiger partial charge in [-0.3, -0.25) is 9.59 Å². The van der Waals surface area contributed by atoms with Gasteiger partial charge in [0.15, 0.2) is 0 Å². The molecule has 4 rings (SSSR count). The van der Waals surface area contributed by atoms with Crippen LogP contribution >= 0.6 is 0 Å². The van der Waals surface area contributed by atoms with Crippen molar-refractivity contribution in [3.63, 3.8) is 0 Å². The molecular weight excluding hydrogens is 356 g/mol. The monoisotopic (exact) mass is 376 g/mol. The van der Waals surface area contributed by atoms with Gasteiger partial charge in [-0.1, -0.05) is 36.4 Å². The lowest BCUT2D eigenvalue weighted by molar-refractivity contribution is -0.128. The Balaban J connectivity index is 1.45. The van der Waals surface area contributed by atoms with Crippen molar-refractivity contribution in [1.82, 2.24) is 25.1 Å². The summed E-state index contributed by atoms with van der Waals surface area (Å²) in [5, 5.41) is 14.1. The average molecular weight is 376 g/mol. The van der Waals surface area contributed by atoms with Gasteiger partial charge in [0.1, 0.15) is 6.33 Å². The molecule has 0 aliphatic carbocycles. The third-order valence-electron chi connectivity index (χ3n) is 4.96. The summed E-state index contributed by atoms with van der Waals surface area (Å²) in [5.74, 6) is -0.517. The van der Waals surface area contributed by atoms with E-state index < -0.39 is 0 Å². The molecule has 142 valence electrons. The first kappa shape index (κ1) is 17.8. The fourth-order valence-electron chi connectivity index (χ4n) is 3.42. The van der Waals surface area contributed by atoms with Crippen molar-refractivity contribution in [1.29, 1.82) is 0 Å². The van der Waals surface area contributed by atoms with Gasteiger partial charge in [0.2, 0.25) is 11.8 Å². The molecule has 0 saturated carbocycles. The molecular formula is C20H20N6O2. The fraction of sp³-hybridized carbons (Fsp3) is 0.250. The Kier molecular flexibility index (Phi) is 4.84. The number of rotatable bonds is 5. The number of amides is 2. The summed E-state index contributed by atoms with van der Waals surface area (Å²) in [7, 11) is 0. The van der Waals surface area contributed by atoms with Gasteiger partial charge in [-0.15, -0.1) is 5.10 Å². The Bertz CT molecular complexity index is 987. The third-order valence-corrected chi connectivity index (χ3v) is 4.96. The van der Waals surface area contributed by atoms with Crippen LogP contribution in [0.3, 0.4) is 0 Å². The van der Waals surface area contributed by atoms with E-state index in [9.17, 15) is 9.59 Å². The molecule has 0 bridgehead atoms. The number of anilines is 1. The molecule has 0 spiro atoms. The lowest BCUT2D eigenvalue weighted by Gasteiger charge is -2.17. The van der Waals surface area contributed by atoms with Gasteiger partial charge < -0.3 is 10.2 Å². The molecule has 0 radical (unpaired) electrons. The Hall–Kier alpha value is -3.55. The van der Waals surface area contributed by atoms with E-state index in [-0.39, 0.29) is 24.2 Å². The number of tetrazole rings is 1. The molecule has 1 N–H and O–H groups in total. The second-order valence-corrected chi connectivity index (χ2v) is 6.85. The normalized spacial score (nSPS) is 16.4. The smallest absolute Gasteiger partial charge is 0.229 e. The van der Waals surface area contributed by atoms with E-state index in [1.807, 2.05) is 55.5 Å². The van der Waals surface area contributed by atoms with Crippen molar-refractivity contribution in [2.75, 3.05) is 11.9 Å². The lowest BCUT2D eigenvalue weighted by atomic mass is 10.1.